The van der Waals surface area contributed by atoms with Gasteiger partial charge in [0.1, 0.15) is 17.3 Å². The van der Waals surface area contributed by atoms with Crippen molar-refractivity contribution in [2.75, 3.05) is 6.61 Å². The smallest absolute Gasteiger partial charge is 0.508 e. The summed E-state index contributed by atoms with van der Waals surface area (Å²) in [7, 11) is 0. The van der Waals surface area contributed by atoms with Gasteiger partial charge in [-0.15, -0.1) is 10.1 Å². The third-order valence-corrected chi connectivity index (χ3v) is 9.01. The third kappa shape index (κ3) is 7.72. The molecule has 3 aliphatic carbocycles. The third-order valence-electron chi connectivity index (χ3n) is 9.01. The lowest BCUT2D eigenvalue weighted by Gasteiger charge is -2.59. The van der Waals surface area contributed by atoms with E-state index in [-0.39, 0.29) is 53.5 Å². The van der Waals surface area contributed by atoms with Crippen LogP contribution in [0.4, 0.5) is 4.79 Å². The van der Waals surface area contributed by atoms with Gasteiger partial charge < -0.3 is 24.2 Å². The molecular weight excluding hydrogens is 546 g/mol. The molecule has 0 saturated heterocycles. The SMILES string of the molecule is CC(OC(=O)Oc1cc(C(C)(C)CCCCCCO[N+](=O)[O-])cc(O)c1[C@H]1CC(=O)[C@H]2C[C@H]1C2(C)C)OC(=O)C(C)C. The van der Waals surface area contributed by atoms with Gasteiger partial charge in [0.2, 0.25) is 6.29 Å². The van der Waals surface area contributed by atoms with E-state index in [0.717, 1.165) is 37.7 Å². The van der Waals surface area contributed by atoms with Crippen LogP contribution in [0.15, 0.2) is 12.1 Å². The average Bonchev–Trinajstić information content (AvgIpc) is 2.86. The number of benzene rings is 1. The van der Waals surface area contributed by atoms with Crippen LogP contribution in [0.25, 0.3) is 0 Å². The van der Waals surface area contributed by atoms with Crippen molar-refractivity contribution in [3.8, 4) is 11.5 Å². The van der Waals surface area contributed by atoms with Crippen LogP contribution in [0.5, 0.6) is 11.5 Å². The van der Waals surface area contributed by atoms with Crippen molar-refractivity contribution in [3.63, 3.8) is 0 Å². The first-order chi connectivity index (χ1) is 19.5. The van der Waals surface area contributed by atoms with Gasteiger partial charge in [-0.05, 0) is 53.7 Å². The van der Waals surface area contributed by atoms with E-state index in [4.69, 9.17) is 14.2 Å². The molecule has 3 aliphatic rings. The molecule has 42 heavy (non-hydrogen) atoms. The number of phenolic OH excluding ortho intramolecular Hbond substituents is 1. The first-order valence-corrected chi connectivity index (χ1v) is 14.8. The van der Waals surface area contributed by atoms with Crippen LogP contribution in [0.3, 0.4) is 0 Å². The Labute approximate surface area is 247 Å². The minimum atomic E-state index is -1.18. The second kappa shape index (κ2) is 13.3. The van der Waals surface area contributed by atoms with Crippen molar-refractivity contribution in [1.29, 1.82) is 0 Å². The second-order valence-corrected chi connectivity index (χ2v) is 13.1. The summed E-state index contributed by atoms with van der Waals surface area (Å²) in [5.74, 6) is -0.894. The Kier molecular flexibility index (Phi) is 10.5. The highest BCUT2D eigenvalue weighted by atomic mass is 16.9. The number of hydrogen-bond acceptors (Lipinski definition) is 10. The zero-order valence-corrected chi connectivity index (χ0v) is 25.8. The summed E-state index contributed by atoms with van der Waals surface area (Å²) in [5.41, 5.74) is 0.509. The number of carbonyl (C=O) groups is 3. The molecule has 0 aliphatic heterocycles. The minimum absolute atomic E-state index is 0.00367. The van der Waals surface area contributed by atoms with Gasteiger partial charge in [0.25, 0.3) is 5.09 Å². The summed E-state index contributed by atoms with van der Waals surface area (Å²) in [6.45, 7) is 13.0. The molecule has 234 valence electrons. The molecule has 11 heteroatoms. The van der Waals surface area contributed by atoms with Crippen molar-refractivity contribution in [1.82, 2.24) is 0 Å². The van der Waals surface area contributed by atoms with Gasteiger partial charge in [-0.3, -0.25) is 9.59 Å². The summed E-state index contributed by atoms with van der Waals surface area (Å²) in [5, 5.41) is 20.9. The molecule has 0 amide bonds. The van der Waals surface area contributed by atoms with E-state index in [2.05, 4.69) is 18.7 Å². The largest absolute Gasteiger partial charge is 0.516 e. The second-order valence-electron chi connectivity index (χ2n) is 13.1. The van der Waals surface area contributed by atoms with Gasteiger partial charge in [0.05, 0.1) is 12.5 Å². The van der Waals surface area contributed by atoms with Crippen LogP contribution in [0, 0.1) is 33.3 Å². The van der Waals surface area contributed by atoms with Gasteiger partial charge in [-0.25, -0.2) is 4.79 Å². The fourth-order valence-electron chi connectivity index (χ4n) is 6.33. The van der Waals surface area contributed by atoms with Gasteiger partial charge >= 0.3 is 12.1 Å². The number of fused-ring (bicyclic) bond motifs is 2. The fraction of sp³-hybridized carbons (Fsp3) is 0.710. The van der Waals surface area contributed by atoms with Gasteiger partial charge in [0.15, 0.2) is 0 Å². The fourth-order valence-corrected chi connectivity index (χ4v) is 6.33. The maximum atomic E-state index is 12.9. The van der Waals surface area contributed by atoms with Crippen molar-refractivity contribution in [2.45, 2.75) is 111 Å². The number of carbonyl (C=O) groups excluding carboxylic acids is 3. The highest BCUT2D eigenvalue weighted by Gasteiger charge is 2.59. The quantitative estimate of drug-likeness (QED) is 0.0625. The molecule has 3 saturated carbocycles. The summed E-state index contributed by atoms with van der Waals surface area (Å²) >= 11 is 0. The summed E-state index contributed by atoms with van der Waals surface area (Å²) in [6.07, 6.45) is 2.50. The predicted octanol–water partition coefficient (Wildman–Crippen LogP) is 6.61. The molecule has 1 unspecified atom stereocenters. The van der Waals surface area contributed by atoms with Crippen molar-refractivity contribution >= 4 is 17.9 Å². The van der Waals surface area contributed by atoms with Gasteiger partial charge in [0, 0.05) is 30.7 Å². The number of rotatable bonds is 14. The van der Waals surface area contributed by atoms with E-state index in [0.29, 0.717) is 12.0 Å². The van der Waals surface area contributed by atoms with Gasteiger partial charge in [-0.2, -0.15) is 0 Å². The van der Waals surface area contributed by atoms with Crippen molar-refractivity contribution < 1.29 is 43.6 Å². The van der Waals surface area contributed by atoms with E-state index in [1.165, 1.54) is 6.92 Å². The molecule has 0 heterocycles. The molecule has 0 aromatic heterocycles. The number of phenols is 1. The number of ether oxygens (including phenoxy) is 3. The molecule has 3 fully saturated rings. The van der Waals surface area contributed by atoms with Gasteiger partial charge in [-0.1, -0.05) is 60.8 Å². The Morgan fingerprint density at radius 1 is 1.12 bits per heavy atom. The number of ketones is 1. The van der Waals surface area contributed by atoms with E-state index < -0.39 is 34.8 Å². The normalized spacial score (nSPS) is 21.7. The van der Waals surface area contributed by atoms with Crippen LogP contribution in [0.1, 0.15) is 110 Å². The summed E-state index contributed by atoms with van der Waals surface area (Å²) in [4.78, 5) is 52.4. The first kappa shape index (κ1) is 33.1. The molecule has 1 aromatic carbocycles. The van der Waals surface area contributed by atoms with Crippen molar-refractivity contribution in [3.05, 3.63) is 33.4 Å². The first-order valence-electron chi connectivity index (χ1n) is 14.8. The van der Waals surface area contributed by atoms with Crippen LogP contribution in [-0.2, 0) is 29.3 Å². The number of Topliss-reactive ketones (excluding diaryl/α,β-unsaturated/α-hetero) is 1. The summed E-state index contributed by atoms with van der Waals surface area (Å²) < 4.78 is 16.0. The maximum Gasteiger partial charge on any atom is 0.516 e. The number of unbranched alkanes of at least 4 members (excludes halogenated alkanes) is 3. The van der Waals surface area contributed by atoms with Crippen LogP contribution >= 0.6 is 0 Å². The molecule has 2 bridgehead atoms. The van der Waals surface area contributed by atoms with E-state index in [1.807, 2.05) is 13.8 Å². The molecule has 1 N–H and O–H groups in total. The Morgan fingerprint density at radius 3 is 2.38 bits per heavy atom. The van der Waals surface area contributed by atoms with Crippen LogP contribution in [-0.4, -0.2) is 41.0 Å². The monoisotopic (exact) mass is 591 g/mol. The molecule has 4 rings (SSSR count). The summed E-state index contributed by atoms with van der Waals surface area (Å²) in [6, 6.07) is 3.42. The topological polar surface area (TPSA) is 152 Å². The number of esters is 1. The van der Waals surface area contributed by atoms with E-state index in [1.54, 1.807) is 26.0 Å². The number of aromatic hydroxyl groups is 1. The predicted molar refractivity (Wildman–Crippen MR) is 152 cm³/mol. The standard InChI is InChI=1S/C31H45NO10/c1-18(2)28(35)40-19(3)41-29(36)42-26-15-20(30(4,5)12-10-8-9-11-13-39-32(37)38)14-25(34)27(26)21-16-24(33)23-17-22(21)31(23,6)7/h14-15,18-19,21-23,34H,8-13,16-17H2,1-7H3/t19?,21-,22+,23+/m0/s1. The maximum absolute atomic E-state index is 12.9. The molecule has 0 radical (unpaired) electrons. The zero-order valence-electron chi connectivity index (χ0n) is 25.8. The molecular formula is C31H45NO10. The lowest BCUT2D eigenvalue weighted by atomic mass is 9.44. The average molecular weight is 592 g/mol. The lowest BCUT2D eigenvalue weighted by Crippen LogP contribution is -2.56. The molecule has 1 aromatic rings. The van der Waals surface area contributed by atoms with Crippen LogP contribution in [0.2, 0.25) is 0 Å². The zero-order chi connectivity index (χ0) is 31.4. The lowest BCUT2D eigenvalue weighted by molar-refractivity contribution is -0.757. The highest BCUT2D eigenvalue weighted by Crippen LogP contribution is 2.64. The Hall–Kier alpha value is -3.37. The number of nitrogens with zero attached hydrogens (tertiary/aromatic N) is 1. The van der Waals surface area contributed by atoms with Crippen LogP contribution < -0.4 is 4.74 Å². The van der Waals surface area contributed by atoms with E-state index >= 15 is 0 Å². The van der Waals surface area contributed by atoms with Crippen molar-refractivity contribution in [2.24, 2.45) is 23.2 Å². The Bertz CT molecular complexity index is 1170. The number of hydrogen-bond donors (Lipinski definition) is 1. The Balaban J connectivity index is 1.82. The molecule has 11 nitrogen and oxygen atoms in total. The molecule has 4 atom stereocenters. The van der Waals surface area contributed by atoms with E-state index in [9.17, 15) is 29.6 Å². The highest BCUT2D eigenvalue weighted by molar-refractivity contribution is 5.86. The Morgan fingerprint density at radius 2 is 1.79 bits per heavy atom. The minimum Gasteiger partial charge on any atom is -0.508 e. The molecule has 0 spiro atoms.